The van der Waals surface area contributed by atoms with Crippen LogP contribution in [0.5, 0.6) is 5.75 Å². The smallest absolute Gasteiger partial charge is 0.248 e. The van der Waals surface area contributed by atoms with E-state index in [0.29, 0.717) is 18.0 Å². The van der Waals surface area contributed by atoms with Crippen LogP contribution < -0.4 is 10.1 Å². The van der Waals surface area contributed by atoms with Crippen LogP contribution in [-0.2, 0) is 4.79 Å². The van der Waals surface area contributed by atoms with Crippen LogP contribution in [0.1, 0.15) is 31.2 Å². The second-order valence-corrected chi connectivity index (χ2v) is 6.12. The van der Waals surface area contributed by atoms with Gasteiger partial charge in [0.1, 0.15) is 11.6 Å². The molecule has 0 fully saturated rings. The number of carbonyl (C=O) groups excluding carboxylic acids is 1. The summed E-state index contributed by atoms with van der Waals surface area (Å²) in [5.41, 5.74) is 3.48. The molecule has 134 valence electrons. The lowest BCUT2D eigenvalue weighted by Crippen LogP contribution is -2.09. The van der Waals surface area contributed by atoms with Crippen molar-refractivity contribution in [2.24, 2.45) is 0 Å². The van der Waals surface area contributed by atoms with E-state index in [0.717, 1.165) is 35.3 Å². The average Bonchev–Trinajstić information content (AvgIpc) is 3.01. The number of benzene rings is 2. The lowest BCUT2D eigenvalue weighted by molar-refractivity contribution is -0.111. The van der Waals surface area contributed by atoms with Gasteiger partial charge < -0.3 is 15.0 Å². The topological polar surface area (TPSA) is 67.0 Å². The summed E-state index contributed by atoms with van der Waals surface area (Å²) in [6.45, 7) is 4.68. The Bertz CT molecular complexity index is 928. The third-order valence-corrected chi connectivity index (χ3v) is 3.95. The van der Waals surface area contributed by atoms with Crippen molar-refractivity contribution in [1.29, 1.82) is 0 Å². The van der Waals surface area contributed by atoms with Gasteiger partial charge in [-0.25, -0.2) is 4.98 Å². The van der Waals surface area contributed by atoms with Gasteiger partial charge in [0.25, 0.3) is 0 Å². The van der Waals surface area contributed by atoms with Crippen LogP contribution in [0, 0.1) is 6.92 Å². The number of para-hydroxylation sites is 2. The molecule has 0 saturated heterocycles. The van der Waals surface area contributed by atoms with E-state index < -0.39 is 0 Å². The van der Waals surface area contributed by atoms with E-state index >= 15 is 0 Å². The fourth-order valence-electron chi connectivity index (χ4n) is 2.62. The van der Waals surface area contributed by atoms with Gasteiger partial charge in [0, 0.05) is 6.08 Å². The van der Waals surface area contributed by atoms with Crippen molar-refractivity contribution < 1.29 is 9.53 Å². The minimum Gasteiger partial charge on any atom is -0.491 e. The SMILES string of the molecule is CCCCOc1ccccc1NC(=O)/C=C/c1ccc2[nH]c(C)nc2c1. The highest BCUT2D eigenvalue weighted by Crippen LogP contribution is 2.24. The van der Waals surface area contributed by atoms with Crippen LogP contribution in [0.2, 0.25) is 0 Å². The van der Waals surface area contributed by atoms with E-state index in [2.05, 4.69) is 22.2 Å². The number of aromatic amines is 1. The van der Waals surface area contributed by atoms with Crippen molar-refractivity contribution in [3.8, 4) is 5.75 Å². The molecule has 2 N–H and O–H groups in total. The number of amides is 1. The molecule has 0 atom stereocenters. The number of hydrogen-bond acceptors (Lipinski definition) is 3. The number of fused-ring (bicyclic) bond motifs is 1. The van der Waals surface area contributed by atoms with Crippen LogP contribution in [0.3, 0.4) is 0 Å². The van der Waals surface area contributed by atoms with Gasteiger partial charge in [0.05, 0.1) is 23.3 Å². The quantitative estimate of drug-likeness (QED) is 0.480. The van der Waals surface area contributed by atoms with Gasteiger partial charge in [0.2, 0.25) is 5.91 Å². The van der Waals surface area contributed by atoms with Crippen LogP contribution in [0.15, 0.2) is 48.5 Å². The molecule has 5 nitrogen and oxygen atoms in total. The Balaban J connectivity index is 1.67. The number of nitrogens with zero attached hydrogens (tertiary/aromatic N) is 1. The largest absolute Gasteiger partial charge is 0.491 e. The minimum atomic E-state index is -0.199. The van der Waals surface area contributed by atoms with Gasteiger partial charge in [-0.3, -0.25) is 4.79 Å². The zero-order valence-electron chi connectivity index (χ0n) is 15.1. The number of aromatic nitrogens is 2. The third kappa shape index (κ3) is 4.51. The van der Waals surface area contributed by atoms with Crippen molar-refractivity contribution >= 4 is 28.7 Å². The second-order valence-electron chi connectivity index (χ2n) is 6.12. The first-order valence-electron chi connectivity index (χ1n) is 8.83. The summed E-state index contributed by atoms with van der Waals surface area (Å²) >= 11 is 0. The first kappa shape index (κ1) is 17.7. The third-order valence-electron chi connectivity index (χ3n) is 3.95. The summed E-state index contributed by atoms with van der Waals surface area (Å²) in [6.07, 6.45) is 5.34. The van der Waals surface area contributed by atoms with E-state index in [9.17, 15) is 4.79 Å². The molecule has 2 aromatic carbocycles. The zero-order valence-corrected chi connectivity index (χ0v) is 15.1. The molecule has 5 heteroatoms. The summed E-state index contributed by atoms with van der Waals surface area (Å²) in [5.74, 6) is 1.37. The highest BCUT2D eigenvalue weighted by molar-refractivity contribution is 6.02. The number of rotatable bonds is 7. The molecule has 26 heavy (non-hydrogen) atoms. The molecule has 0 radical (unpaired) electrons. The number of anilines is 1. The lowest BCUT2D eigenvalue weighted by Gasteiger charge is -2.11. The van der Waals surface area contributed by atoms with Gasteiger partial charge in [-0.1, -0.05) is 31.5 Å². The molecule has 3 aromatic rings. The Morgan fingerprint density at radius 2 is 2.12 bits per heavy atom. The Morgan fingerprint density at radius 3 is 2.96 bits per heavy atom. The maximum Gasteiger partial charge on any atom is 0.248 e. The molecule has 0 aliphatic rings. The summed E-state index contributed by atoms with van der Waals surface area (Å²) in [6, 6.07) is 13.3. The molecule has 0 bridgehead atoms. The van der Waals surface area contributed by atoms with Crippen LogP contribution in [0.25, 0.3) is 17.1 Å². The lowest BCUT2D eigenvalue weighted by atomic mass is 10.2. The van der Waals surface area contributed by atoms with Crippen LogP contribution in [-0.4, -0.2) is 22.5 Å². The first-order chi connectivity index (χ1) is 12.7. The summed E-state index contributed by atoms with van der Waals surface area (Å²) in [4.78, 5) is 19.9. The maximum atomic E-state index is 12.3. The summed E-state index contributed by atoms with van der Waals surface area (Å²) < 4.78 is 5.74. The Morgan fingerprint density at radius 1 is 1.27 bits per heavy atom. The molecule has 0 spiro atoms. The summed E-state index contributed by atoms with van der Waals surface area (Å²) in [7, 11) is 0. The Labute approximate surface area is 153 Å². The molecule has 1 heterocycles. The number of H-pyrrole nitrogens is 1. The van der Waals surface area contributed by atoms with E-state index in [4.69, 9.17) is 4.74 Å². The van der Waals surface area contributed by atoms with Crippen LogP contribution >= 0.6 is 0 Å². The van der Waals surface area contributed by atoms with Gasteiger partial charge >= 0.3 is 0 Å². The minimum absolute atomic E-state index is 0.199. The fourth-order valence-corrected chi connectivity index (χ4v) is 2.62. The van der Waals surface area contributed by atoms with Crippen molar-refractivity contribution in [3.63, 3.8) is 0 Å². The molecule has 0 unspecified atom stereocenters. The number of unbranched alkanes of at least 4 members (excludes halogenated alkanes) is 1. The molecule has 1 amide bonds. The highest BCUT2D eigenvalue weighted by Gasteiger charge is 2.05. The van der Waals surface area contributed by atoms with Gasteiger partial charge in [-0.05, 0) is 49.2 Å². The molecular formula is C21H23N3O2. The van der Waals surface area contributed by atoms with Crippen LogP contribution in [0.4, 0.5) is 5.69 Å². The maximum absolute atomic E-state index is 12.3. The normalized spacial score (nSPS) is 11.2. The molecule has 1 aromatic heterocycles. The average molecular weight is 349 g/mol. The first-order valence-corrected chi connectivity index (χ1v) is 8.83. The van der Waals surface area contributed by atoms with Gasteiger partial charge in [-0.15, -0.1) is 0 Å². The van der Waals surface area contributed by atoms with Crippen molar-refractivity contribution in [3.05, 3.63) is 59.9 Å². The zero-order chi connectivity index (χ0) is 18.4. The Hall–Kier alpha value is -3.08. The predicted octanol–water partition coefficient (Wildman–Crippen LogP) is 4.70. The number of imidazole rings is 1. The van der Waals surface area contributed by atoms with Gasteiger partial charge in [-0.2, -0.15) is 0 Å². The van der Waals surface area contributed by atoms with E-state index in [-0.39, 0.29) is 5.91 Å². The van der Waals surface area contributed by atoms with E-state index in [1.807, 2.05) is 49.4 Å². The molecule has 0 aliphatic carbocycles. The molecule has 0 saturated carbocycles. The Kier molecular flexibility index (Phi) is 5.69. The summed E-state index contributed by atoms with van der Waals surface area (Å²) in [5, 5.41) is 2.88. The molecule has 0 aliphatic heterocycles. The number of carbonyl (C=O) groups is 1. The molecule has 3 rings (SSSR count). The highest BCUT2D eigenvalue weighted by atomic mass is 16.5. The second kappa shape index (κ2) is 8.34. The number of hydrogen-bond donors (Lipinski definition) is 2. The van der Waals surface area contributed by atoms with Crippen molar-refractivity contribution in [1.82, 2.24) is 9.97 Å². The van der Waals surface area contributed by atoms with Gasteiger partial charge in [0.15, 0.2) is 0 Å². The standard InChI is InChI=1S/C21H23N3O2/c1-3-4-13-26-20-8-6-5-7-18(20)24-21(25)12-10-16-9-11-17-19(14-16)23-15(2)22-17/h5-12,14H,3-4,13H2,1-2H3,(H,22,23)(H,24,25)/b12-10+. The number of nitrogens with one attached hydrogen (secondary N) is 2. The van der Waals surface area contributed by atoms with Crippen molar-refractivity contribution in [2.75, 3.05) is 11.9 Å². The van der Waals surface area contributed by atoms with E-state index in [1.54, 1.807) is 6.08 Å². The van der Waals surface area contributed by atoms with Crippen molar-refractivity contribution in [2.45, 2.75) is 26.7 Å². The number of aryl methyl sites for hydroxylation is 1. The monoisotopic (exact) mass is 349 g/mol. The predicted molar refractivity (Wildman–Crippen MR) is 105 cm³/mol. The molecular weight excluding hydrogens is 326 g/mol. The van der Waals surface area contributed by atoms with E-state index in [1.165, 1.54) is 6.08 Å². The fraction of sp³-hybridized carbons (Fsp3) is 0.238. The number of ether oxygens (including phenoxy) is 1.